The van der Waals surface area contributed by atoms with Gasteiger partial charge in [-0.2, -0.15) is 0 Å². The third-order valence-electron chi connectivity index (χ3n) is 4.06. The van der Waals surface area contributed by atoms with Gasteiger partial charge in [0.05, 0.1) is 26.7 Å². The molecule has 2 amide bonds. The summed E-state index contributed by atoms with van der Waals surface area (Å²) < 4.78 is 10.6. The molecule has 0 aliphatic carbocycles. The Hall–Kier alpha value is -2.28. The van der Waals surface area contributed by atoms with Crippen molar-refractivity contribution in [3.8, 4) is 11.5 Å². The number of carbonyl (C=O) groups is 2. The number of hydrogen-bond donors (Lipinski definition) is 2. The van der Waals surface area contributed by atoms with Gasteiger partial charge in [0.15, 0.2) is 0 Å². The molecule has 0 bridgehead atoms. The molecule has 1 aromatic carbocycles. The van der Waals surface area contributed by atoms with E-state index in [1.807, 2.05) is 30.0 Å². The van der Waals surface area contributed by atoms with Gasteiger partial charge in [-0.3, -0.25) is 14.5 Å². The first-order chi connectivity index (χ1) is 11.6. The van der Waals surface area contributed by atoms with Crippen molar-refractivity contribution in [1.82, 2.24) is 15.5 Å². The lowest BCUT2D eigenvalue weighted by atomic mass is 10.1. The van der Waals surface area contributed by atoms with Crippen LogP contribution in [0.25, 0.3) is 0 Å². The highest BCUT2D eigenvalue weighted by atomic mass is 16.5. The Kier molecular flexibility index (Phi) is 6.43. The van der Waals surface area contributed by atoms with Gasteiger partial charge in [0.1, 0.15) is 11.5 Å². The number of nitrogens with zero attached hydrogens (tertiary/aromatic N) is 1. The van der Waals surface area contributed by atoms with Crippen LogP contribution in [0.2, 0.25) is 0 Å². The molecule has 0 saturated carbocycles. The fourth-order valence-electron chi connectivity index (χ4n) is 2.82. The zero-order valence-corrected chi connectivity index (χ0v) is 14.4. The number of nitrogens with one attached hydrogen (secondary N) is 2. The monoisotopic (exact) mass is 335 g/mol. The van der Waals surface area contributed by atoms with E-state index in [9.17, 15) is 9.59 Å². The number of ether oxygens (including phenoxy) is 2. The van der Waals surface area contributed by atoms with Crippen LogP contribution in [-0.2, 0) is 16.1 Å². The van der Waals surface area contributed by atoms with Crippen LogP contribution in [0.4, 0.5) is 0 Å². The maximum atomic E-state index is 12.2. The molecular weight excluding hydrogens is 310 g/mol. The summed E-state index contributed by atoms with van der Waals surface area (Å²) in [5.41, 5.74) is 0.953. The smallest absolute Gasteiger partial charge is 0.237 e. The number of carbonyl (C=O) groups excluding carboxylic acids is 2. The van der Waals surface area contributed by atoms with Gasteiger partial charge in [-0.1, -0.05) is 6.07 Å². The van der Waals surface area contributed by atoms with E-state index in [0.29, 0.717) is 37.7 Å². The molecule has 1 aliphatic rings. The second-order valence-electron chi connectivity index (χ2n) is 5.61. The minimum Gasteiger partial charge on any atom is -0.497 e. The van der Waals surface area contributed by atoms with E-state index in [-0.39, 0.29) is 18.2 Å². The summed E-state index contributed by atoms with van der Waals surface area (Å²) in [4.78, 5) is 26.1. The van der Waals surface area contributed by atoms with Crippen LogP contribution in [0, 0.1) is 0 Å². The molecule has 24 heavy (non-hydrogen) atoms. The third-order valence-corrected chi connectivity index (χ3v) is 4.06. The summed E-state index contributed by atoms with van der Waals surface area (Å²) in [6.45, 7) is 4.21. The highest BCUT2D eigenvalue weighted by Crippen LogP contribution is 2.27. The number of methoxy groups -OCH3 is 2. The number of piperazine rings is 1. The van der Waals surface area contributed by atoms with E-state index in [0.717, 1.165) is 5.56 Å². The molecule has 0 aromatic heterocycles. The van der Waals surface area contributed by atoms with Gasteiger partial charge in [-0.25, -0.2) is 0 Å². The van der Waals surface area contributed by atoms with Crippen molar-refractivity contribution in [2.45, 2.75) is 25.9 Å². The quantitative estimate of drug-likeness (QED) is 0.760. The summed E-state index contributed by atoms with van der Waals surface area (Å²) in [6.07, 6.45) is 0.151. The Morgan fingerprint density at radius 1 is 1.38 bits per heavy atom. The van der Waals surface area contributed by atoms with Crippen molar-refractivity contribution < 1.29 is 19.1 Å². The van der Waals surface area contributed by atoms with E-state index in [1.54, 1.807) is 14.2 Å². The van der Waals surface area contributed by atoms with Crippen molar-refractivity contribution >= 4 is 11.8 Å². The normalized spacial score (nSPS) is 18.0. The molecule has 0 spiro atoms. The molecule has 2 N–H and O–H groups in total. The number of hydrogen-bond acceptors (Lipinski definition) is 5. The Bertz CT molecular complexity index is 591. The second-order valence-corrected chi connectivity index (χ2v) is 5.61. The van der Waals surface area contributed by atoms with Gasteiger partial charge in [0.2, 0.25) is 11.8 Å². The molecule has 1 atom stereocenters. The van der Waals surface area contributed by atoms with Gasteiger partial charge in [0, 0.05) is 37.8 Å². The van der Waals surface area contributed by atoms with Crippen LogP contribution >= 0.6 is 0 Å². The molecule has 0 unspecified atom stereocenters. The zero-order valence-electron chi connectivity index (χ0n) is 14.4. The zero-order chi connectivity index (χ0) is 17.5. The summed E-state index contributed by atoms with van der Waals surface area (Å²) in [7, 11) is 3.21. The molecule has 0 radical (unpaired) electrons. The summed E-state index contributed by atoms with van der Waals surface area (Å²) in [5, 5.41) is 5.58. The lowest BCUT2D eigenvalue weighted by molar-refractivity contribution is -0.134. The maximum Gasteiger partial charge on any atom is 0.237 e. The summed E-state index contributed by atoms with van der Waals surface area (Å²) >= 11 is 0. The van der Waals surface area contributed by atoms with Gasteiger partial charge in [-0.05, 0) is 13.0 Å². The Labute approximate surface area is 142 Å². The van der Waals surface area contributed by atoms with Crippen LogP contribution in [0.1, 0.15) is 18.9 Å². The summed E-state index contributed by atoms with van der Waals surface area (Å²) in [6, 6.07) is 5.13. The molecule has 7 heteroatoms. The minimum absolute atomic E-state index is 0.111. The van der Waals surface area contributed by atoms with Crippen LogP contribution < -0.4 is 20.1 Å². The van der Waals surface area contributed by atoms with Crippen molar-refractivity contribution in [3.05, 3.63) is 23.8 Å². The Morgan fingerprint density at radius 2 is 2.17 bits per heavy atom. The van der Waals surface area contributed by atoms with E-state index < -0.39 is 6.04 Å². The van der Waals surface area contributed by atoms with Gasteiger partial charge in [-0.15, -0.1) is 0 Å². The van der Waals surface area contributed by atoms with Crippen LogP contribution in [0.15, 0.2) is 18.2 Å². The molecule has 1 aromatic rings. The molecule has 2 rings (SSSR count). The Morgan fingerprint density at radius 3 is 2.83 bits per heavy atom. The van der Waals surface area contributed by atoms with E-state index in [4.69, 9.17) is 9.47 Å². The predicted octanol–water partition coefficient (Wildman–Crippen LogP) is 0.530. The molecule has 132 valence electrons. The van der Waals surface area contributed by atoms with Crippen molar-refractivity contribution in [2.75, 3.05) is 33.9 Å². The average Bonchev–Trinajstić information content (AvgIpc) is 2.58. The first-order valence-electron chi connectivity index (χ1n) is 8.08. The lowest BCUT2D eigenvalue weighted by Crippen LogP contribution is -2.56. The van der Waals surface area contributed by atoms with Crippen LogP contribution in [-0.4, -0.2) is 56.6 Å². The highest BCUT2D eigenvalue weighted by Gasteiger charge is 2.31. The predicted molar refractivity (Wildman–Crippen MR) is 90.1 cm³/mol. The molecule has 1 saturated heterocycles. The molecule has 1 aliphatic heterocycles. The van der Waals surface area contributed by atoms with Gasteiger partial charge in [0.25, 0.3) is 0 Å². The minimum atomic E-state index is -0.475. The summed E-state index contributed by atoms with van der Waals surface area (Å²) in [5.74, 6) is 1.19. The number of rotatable bonds is 7. The maximum absolute atomic E-state index is 12.2. The highest BCUT2D eigenvalue weighted by molar-refractivity contribution is 5.88. The van der Waals surface area contributed by atoms with E-state index in [2.05, 4.69) is 10.6 Å². The standard InChI is InChI=1S/C17H25N3O4/c1-4-18-16(21)10-14-17(22)19-7-8-20(14)11-12-5-6-13(23-2)9-15(12)24-3/h5-6,9,14H,4,7-8,10-11H2,1-3H3,(H,18,21)(H,19,22)/t14-/m0/s1. The molecular formula is C17H25N3O4. The number of amides is 2. The fourth-order valence-corrected chi connectivity index (χ4v) is 2.82. The first kappa shape index (κ1) is 18.1. The van der Waals surface area contributed by atoms with E-state index >= 15 is 0 Å². The van der Waals surface area contributed by atoms with Crippen molar-refractivity contribution in [3.63, 3.8) is 0 Å². The number of benzene rings is 1. The molecule has 1 fully saturated rings. The lowest BCUT2D eigenvalue weighted by Gasteiger charge is -2.35. The van der Waals surface area contributed by atoms with Crippen LogP contribution in [0.5, 0.6) is 11.5 Å². The SMILES string of the molecule is CCNC(=O)C[C@H]1C(=O)NCCN1Cc1ccc(OC)cc1OC. The van der Waals surface area contributed by atoms with Gasteiger partial charge < -0.3 is 20.1 Å². The first-order valence-corrected chi connectivity index (χ1v) is 8.08. The van der Waals surface area contributed by atoms with Crippen LogP contribution in [0.3, 0.4) is 0 Å². The van der Waals surface area contributed by atoms with E-state index in [1.165, 1.54) is 0 Å². The molecule has 7 nitrogen and oxygen atoms in total. The third kappa shape index (κ3) is 4.38. The van der Waals surface area contributed by atoms with Crippen molar-refractivity contribution in [2.24, 2.45) is 0 Å². The second kappa shape index (κ2) is 8.54. The van der Waals surface area contributed by atoms with Gasteiger partial charge >= 0.3 is 0 Å². The van der Waals surface area contributed by atoms with Crippen molar-refractivity contribution in [1.29, 1.82) is 0 Å². The topological polar surface area (TPSA) is 79.9 Å². The Balaban J connectivity index is 2.15. The average molecular weight is 335 g/mol. The molecule has 1 heterocycles. The fraction of sp³-hybridized carbons (Fsp3) is 0.529. The largest absolute Gasteiger partial charge is 0.497 e.